The van der Waals surface area contributed by atoms with Crippen molar-refractivity contribution in [3.63, 3.8) is 0 Å². The van der Waals surface area contributed by atoms with Gasteiger partial charge in [0.05, 0.1) is 18.4 Å². The maximum Gasteiger partial charge on any atom is 0.228 e. The van der Waals surface area contributed by atoms with Gasteiger partial charge in [0.2, 0.25) is 5.88 Å². The number of oxime groups is 1. The first kappa shape index (κ1) is 23.8. The van der Waals surface area contributed by atoms with Gasteiger partial charge in [-0.25, -0.2) is 14.5 Å². The Hall–Kier alpha value is -5.24. The Labute approximate surface area is 230 Å². The van der Waals surface area contributed by atoms with Gasteiger partial charge in [-0.3, -0.25) is 0 Å². The molecule has 0 N–H and O–H groups in total. The normalized spacial score (nSPS) is 14.4. The summed E-state index contributed by atoms with van der Waals surface area (Å²) in [7, 11) is 1.64. The van der Waals surface area contributed by atoms with Gasteiger partial charge in [0.1, 0.15) is 17.8 Å². The zero-order chi connectivity index (χ0) is 27.1. The van der Waals surface area contributed by atoms with E-state index in [1.807, 2.05) is 49.4 Å². The second kappa shape index (κ2) is 9.81. The zero-order valence-corrected chi connectivity index (χ0v) is 22.0. The van der Waals surface area contributed by atoms with Crippen molar-refractivity contribution >= 4 is 22.1 Å². The molecule has 1 aliphatic rings. The molecule has 3 heterocycles. The van der Waals surface area contributed by atoms with E-state index in [0.29, 0.717) is 17.4 Å². The van der Waals surface area contributed by atoms with Crippen molar-refractivity contribution in [3.05, 3.63) is 125 Å². The van der Waals surface area contributed by atoms with E-state index in [1.165, 1.54) is 0 Å². The van der Waals surface area contributed by atoms with Gasteiger partial charge in [0.15, 0.2) is 18.1 Å². The van der Waals surface area contributed by atoms with Crippen molar-refractivity contribution in [1.82, 2.24) is 19.6 Å². The summed E-state index contributed by atoms with van der Waals surface area (Å²) in [4.78, 5) is 15.2. The molecule has 4 aromatic carbocycles. The zero-order valence-electron chi connectivity index (χ0n) is 22.0. The van der Waals surface area contributed by atoms with Crippen LogP contribution in [-0.4, -0.2) is 32.4 Å². The molecule has 1 aliphatic heterocycles. The van der Waals surface area contributed by atoms with E-state index in [0.717, 1.165) is 50.2 Å². The molecule has 1 atom stereocenters. The van der Waals surface area contributed by atoms with Crippen LogP contribution in [0.5, 0.6) is 17.4 Å². The number of benzene rings is 4. The molecular formula is C32H25N5O3. The third-order valence-corrected chi connectivity index (χ3v) is 7.18. The van der Waals surface area contributed by atoms with Crippen LogP contribution in [0.4, 0.5) is 0 Å². The lowest BCUT2D eigenvalue weighted by atomic mass is 9.81. The molecular weight excluding hydrogens is 502 g/mol. The van der Waals surface area contributed by atoms with Gasteiger partial charge in [-0.1, -0.05) is 65.8 Å². The minimum Gasteiger partial charge on any atom is -0.497 e. The number of methoxy groups -OCH3 is 1. The fourth-order valence-electron chi connectivity index (χ4n) is 5.26. The minimum atomic E-state index is -0.143. The average Bonchev–Trinajstić information content (AvgIpc) is 3.43. The number of fused-ring (bicyclic) bond motifs is 6. The highest BCUT2D eigenvalue weighted by Crippen LogP contribution is 2.50. The molecule has 6 aromatic rings. The summed E-state index contributed by atoms with van der Waals surface area (Å²) in [6.07, 6.45) is 1.63. The van der Waals surface area contributed by atoms with Crippen LogP contribution in [0.25, 0.3) is 16.4 Å². The second-order valence-corrected chi connectivity index (χ2v) is 9.58. The Balaban J connectivity index is 1.28. The van der Waals surface area contributed by atoms with Crippen molar-refractivity contribution in [1.29, 1.82) is 0 Å². The van der Waals surface area contributed by atoms with Gasteiger partial charge in [-0.15, -0.1) is 5.10 Å². The quantitative estimate of drug-likeness (QED) is 0.181. The van der Waals surface area contributed by atoms with Gasteiger partial charge in [0, 0.05) is 11.5 Å². The monoisotopic (exact) mass is 527 g/mol. The maximum atomic E-state index is 6.38. The maximum absolute atomic E-state index is 6.38. The summed E-state index contributed by atoms with van der Waals surface area (Å²) >= 11 is 0. The van der Waals surface area contributed by atoms with E-state index in [9.17, 15) is 0 Å². The first-order valence-corrected chi connectivity index (χ1v) is 13.0. The number of nitrogens with zero attached hydrogens (tertiary/aromatic N) is 5. The highest BCUT2D eigenvalue weighted by molar-refractivity contribution is 5.98. The number of aromatic nitrogens is 4. The summed E-state index contributed by atoms with van der Waals surface area (Å²) in [5, 5.41) is 11.2. The fraction of sp³-hybridized carbons (Fsp3) is 0.125. The summed E-state index contributed by atoms with van der Waals surface area (Å²) in [5.74, 6) is 2.46. The van der Waals surface area contributed by atoms with Crippen molar-refractivity contribution in [2.24, 2.45) is 5.16 Å². The van der Waals surface area contributed by atoms with Gasteiger partial charge in [-0.2, -0.15) is 0 Å². The van der Waals surface area contributed by atoms with Crippen LogP contribution in [0.3, 0.4) is 0 Å². The number of hydrogen-bond acceptors (Lipinski definition) is 7. The summed E-state index contributed by atoms with van der Waals surface area (Å²) < 4.78 is 13.3. The van der Waals surface area contributed by atoms with Crippen LogP contribution in [0, 0.1) is 0 Å². The lowest BCUT2D eigenvalue weighted by molar-refractivity contribution is 0.125. The third kappa shape index (κ3) is 4.10. The van der Waals surface area contributed by atoms with Crippen LogP contribution in [0.2, 0.25) is 0 Å². The molecule has 0 radical (unpaired) electrons. The van der Waals surface area contributed by atoms with Gasteiger partial charge >= 0.3 is 0 Å². The topological polar surface area (TPSA) is 83.1 Å². The van der Waals surface area contributed by atoms with Crippen LogP contribution in [-0.2, 0) is 11.4 Å². The molecule has 0 saturated heterocycles. The largest absolute Gasteiger partial charge is 0.497 e. The highest BCUT2D eigenvalue weighted by atomic mass is 16.6. The van der Waals surface area contributed by atoms with E-state index in [1.54, 1.807) is 18.0 Å². The average molecular weight is 528 g/mol. The molecule has 0 saturated carbocycles. The van der Waals surface area contributed by atoms with Crippen molar-refractivity contribution < 1.29 is 14.3 Å². The van der Waals surface area contributed by atoms with E-state index < -0.39 is 0 Å². The van der Waals surface area contributed by atoms with Crippen molar-refractivity contribution in [3.8, 4) is 17.4 Å². The molecule has 40 heavy (non-hydrogen) atoms. The Kier molecular flexibility index (Phi) is 5.85. The molecule has 0 aliphatic carbocycles. The molecule has 8 nitrogen and oxygen atoms in total. The molecule has 0 amide bonds. The predicted molar refractivity (Wildman–Crippen MR) is 152 cm³/mol. The standard InChI is InChI=1S/C32H25N5O3/c1-20(21-12-15-24(38-2)16-13-21)36-39-18-27-34-31-30-28(23-9-4-3-5-10-23)29-25-11-7-6-8-22(25)14-17-26(29)40-32(30)33-19-37(31)35-27/h3-17,19,28H,18H2,1-2H3/b36-20+/t28-/m1/s1. The van der Waals surface area contributed by atoms with E-state index in [2.05, 4.69) is 63.8 Å². The molecule has 0 bridgehead atoms. The molecule has 8 heteroatoms. The SMILES string of the molecule is COc1ccc(/C(C)=N/OCc2nc3c4c(ncn3n2)Oc2ccc3ccccc3c2[C@H]4c2ccccc2)cc1. The fourth-order valence-corrected chi connectivity index (χ4v) is 5.26. The Morgan fingerprint density at radius 1 is 0.925 bits per heavy atom. The van der Waals surface area contributed by atoms with Crippen LogP contribution in [0.15, 0.2) is 102 Å². The Bertz CT molecular complexity index is 1880. The minimum absolute atomic E-state index is 0.111. The number of hydrogen-bond donors (Lipinski definition) is 0. The summed E-state index contributed by atoms with van der Waals surface area (Å²) in [6, 6.07) is 30.5. The van der Waals surface area contributed by atoms with Crippen molar-refractivity contribution in [2.45, 2.75) is 19.4 Å². The van der Waals surface area contributed by atoms with Gasteiger partial charge < -0.3 is 14.3 Å². The molecule has 0 spiro atoms. The smallest absolute Gasteiger partial charge is 0.228 e. The molecule has 2 aromatic heterocycles. The van der Waals surface area contributed by atoms with Crippen molar-refractivity contribution in [2.75, 3.05) is 7.11 Å². The third-order valence-electron chi connectivity index (χ3n) is 7.18. The first-order valence-electron chi connectivity index (χ1n) is 13.0. The van der Waals surface area contributed by atoms with E-state index in [4.69, 9.17) is 19.3 Å². The molecule has 196 valence electrons. The highest BCUT2D eigenvalue weighted by Gasteiger charge is 2.34. The van der Waals surface area contributed by atoms with E-state index in [-0.39, 0.29) is 12.5 Å². The lowest BCUT2D eigenvalue weighted by Gasteiger charge is -2.29. The second-order valence-electron chi connectivity index (χ2n) is 9.58. The van der Waals surface area contributed by atoms with Crippen LogP contribution < -0.4 is 9.47 Å². The number of ether oxygens (including phenoxy) is 2. The first-order chi connectivity index (χ1) is 19.7. The number of rotatable bonds is 6. The van der Waals surface area contributed by atoms with Gasteiger partial charge in [-0.05, 0) is 59.2 Å². The summed E-state index contributed by atoms with van der Waals surface area (Å²) in [5.41, 5.74) is 5.44. The molecule has 0 fully saturated rings. The Morgan fingerprint density at radius 2 is 1.73 bits per heavy atom. The molecule has 7 rings (SSSR count). The Morgan fingerprint density at radius 3 is 2.55 bits per heavy atom. The van der Waals surface area contributed by atoms with Gasteiger partial charge in [0.25, 0.3) is 0 Å². The van der Waals surface area contributed by atoms with Crippen LogP contribution in [0.1, 0.15) is 40.9 Å². The van der Waals surface area contributed by atoms with E-state index >= 15 is 0 Å². The predicted octanol–water partition coefficient (Wildman–Crippen LogP) is 6.51. The molecule has 0 unspecified atom stereocenters. The summed E-state index contributed by atoms with van der Waals surface area (Å²) in [6.45, 7) is 2.00. The lowest BCUT2D eigenvalue weighted by Crippen LogP contribution is -2.15. The van der Waals surface area contributed by atoms with Crippen LogP contribution >= 0.6 is 0 Å².